The molecule has 4 heteroatoms. The molecular weight excluding hydrogens is 294 g/mol. The Morgan fingerprint density at radius 3 is 2.44 bits per heavy atom. The van der Waals surface area contributed by atoms with E-state index in [1.165, 1.54) is 0 Å². The van der Waals surface area contributed by atoms with E-state index in [0.29, 0.717) is 32.4 Å². The summed E-state index contributed by atoms with van der Waals surface area (Å²) in [5, 5.41) is 9.85. The molecule has 0 radical (unpaired) electrons. The molecule has 0 unspecified atom stereocenters. The third kappa shape index (κ3) is 3.56. The van der Waals surface area contributed by atoms with Crippen LogP contribution in [-0.4, -0.2) is 34.6 Å². The quantitative estimate of drug-likeness (QED) is 0.911. The van der Waals surface area contributed by atoms with Gasteiger partial charge in [-0.25, -0.2) is 0 Å². The van der Waals surface area contributed by atoms with Gasteiger partial charge >= 0.3 is 0 Å². The number of piperidine rings is 1. The van der Waals surface area contributed by atoms with Crippen molar-refractivity contribution in [1.29, 1.82) is 0 Å². The molecule has 1 aromatic carbocycles. The third-order valence-corrected chi connectivity index (χ3v) is 3.99. The number of hydrogen-bond acceptors (Lipinski definition) is 2. The summed E-state index contributed by atoms with van der Waals surface area (Å²) in [6, 6.07) is 7.82. The Morgan fingerprint density at radius 1 is 1.33 bits per heavy atom. The molecule has 0 spiro atoms. The van der Waals surface area contributed by atoms with Crippen LogP contribution in [0.25, 0.3) is 0 Å². The fraction of sp³-hybridized carbons (Fsp3) is 0.500. The molecule has 0 aliphatic carbocycles. The molecule has 0 atom stereocenters. The highest BCUT2D eigenvalue weighted by Crippen LogP contribution is 2.21. The van der Waals surface area contributed by atoms with Crippen LogP contribution in [0.2, 0.25) is 0 Å². The maximum absolute atomic E-state index is 12.1. The monoisotopic (exact) mass is 311 g/mol. The SMILES string of the molecule is CC1(O)CCN(C(=O)Cc2ccc(Br)cc2)CC1. The molecule has 0 bridgehead atoms. The Kier molecular flexibility index (Phi) is 4.07. The smallest absolute Gasteiger partial charge is 0.226 e. The molecule has 1 fully saturated rings. The minimum atomic E-state index is -0.603. The molecule has 1 N–H and O–H groups in total. The zero-order valence-electron chi connectivity index (χ0n) is 10.5. The van der Waals surface area contributed by atoms with Gasteiger partial charge in [0.05, 0.1) is 12.0 Å². The Hall–Kier alpha value is -0.870. The van der Waals surface area contributed by atoms with E-state index in [4.69, 9.17) is 0 Å². The van der Waals surface area contributed by atoms with E-state index in [1.807, 2.05) is 36.1 Å². The second-order valence-electron chi connectivity index (χ2n) is 5.18. The van der Waals surface area contributed by atoms with Crippen LogP contribution < -0.4 is 0 Å². The van der Waals surface area contributed by atoms with Crippen molar-refractivity contribution in [2.24, 2.45) is 0 Å². The molecule has 1 heterocycles. The van der Waals surface area contributed by atoms with E-state index in [1.54, 1.807) is 0 Å². The van der Waals surface area contributed by atoms with Gasteiger partial charge in [0.2, 0.25) is 5.91 Å². The first kappa shape index (κ1) is 13.6. The van der Waals surface area contributed by atoms with Crippen molar-refractivity contribution in [3.05, 3.63) is 34.3 Å². The maximum Gasteiger partial charge on any atom is 0.226 e. The molecule has 1 aliphatic rings. The largest absolute Gasteiger partial charge is 0.390 e. The third-order valence-electron chi connectivity index (χ3n) is 3.46. The molecule has 18 heavy (non-hydrogen) atoms. The van der Waals surface area contributed by atoms with Gasteiger partial charge in [0, 0.05) is 17.6 Å². The van der Waals surface area contributed by atoms with Crippen molar-refractivity contribution < 1.29 is 9.90 Å². The summed E-state index contributed by atoms with van der Waals surface area (Å²) in [6.45, 7) is 3.15. The molecule has 1 amide bonds. The van der Waals surface area contributed by atoms with Crippen molar-refractivity contribution in [2.45, 2.75) is 31.8 Å². The van der Waals surface area contributed by atoms with Gasteiger partial charge < -0.3 is 10.0 Å². The molecule has 1 aliphatic heterocycles. The Bertz CT molecular complexity index is 418. The topological polar surface area (TPSA) is 40.5 Å². The number of likely N-dealkylation sites (tertiary alicyclic amines) is 1. The Balaban J connectivity index is 1.91. The Labute approximate surface area is 116 Å². The van der Waals surface area contributed by atoms with E-state index < -0.39 is 5.60 Å². The molecule has 2 rings (SSSR count). The van der Waals surface area contributed by atoms with Gasteiger partial charge in [-0.15, -0.1) is 0 Å². The zero-order valence-corrected chi connectivity index (χ0v) is 12.1. The number of aliphatic hydroxyl groups is 1. The normalized spacial score (nSPS) is 18.7. The van der Waals surface area contributed by atoms with Crippen molar-refractivity contribution in [2.75, 3.05) is 13.1 Å². The first-order valence-electron chi connectivity index (χ1n) is 6.21. The molecule has 0 saturated carbocycles. The summed E-state index contributed by atoms with van der Waals surface area (Å²) in [4.78, 5) is 13.9. The summed E-state index contributed by atoms with van der Waals surface area (Å²) in [7, 11) is 0. The summed E-state index contributed by atoms with van der Waals surface area (Å²) >= 11 is 3.38. The lowest BCUT2D eigenvalue weighted by molar-refractivity contribution is -0.134. The minimum Gasteiger partial charge on any atom is -0.390 e. The second-order valence-corrected chi connectivity index (χ2v) is 6.10. The lowest BCUT2D eigenvalue weighted by Crippen LogP contribution is -2.45. The van der Waals surface area contributed by atoms with Gasteiger partial charge in [-0.1, -0.05) is 28.1 Å². The molecule has 0 aromatic heterocycles. The summed E-state index contributed by atoms with van der Waals surface area (Å²) < 4.78 is 1.02. The molecular formula is C14H18BrNO2. The van der Waals surface area contributed by atoms with Crippen molar-refractivity contribution >= 4 is 21.8 Å². The van der Waals surface area contributed by atoms with Crippen LogP contribution in [0.4, 0.5) is 0 Å². The second kappa shape index (κ2) is 5.41. The van der Waals surface area contributed by atoms with Gasteiger partial charge in [-0.3, -0.25) is 4.79 Å². The molecule has 3 nitrogen and oxygen atoms in total. The van der Waals surface area contributed by atoms with E-state index in [-0.39, 0.29) is 5.91 Å². The molecule has 1 aromatic rings. The van der Waals surface area contributed by atoms with Crippen LogP contribution in [0.15, 0.2) is 28.7 Å². The summed E-state index contributed by atoms with van der Waals surface area (Å²) in [5.41, 5.74) is 0.425. The molecule has 98 valence electrons. The van der Waals surface area contributed by atoms with Gasteiger partial charge in [0.15, 0.2) is 0 Å². The number of nitrogens with zero attached hydrogens (tertiary/aromatic N) is 1. The van der Waals surface area contributed by atoms with Crippen LogP contribution in [0.1, 0.15) is 25.3 Å². The van der Waals surface area contributed by atoms with Gasteiger partial charge in [-0.2, -0.15) is 0 Å². The first-order chi connectivity index (χ1) is 8.46. The molecule has 1 saturated heterocycles. The number of hydrogen-bond donors (Lipinski definition) is 1. The standard InChI is InChI=1S/C14H18BrNO2/c1-14(18)6-8-16(9-7-14)13(17)10-11-2-4-12(15)5-3-11/h2-5,18H,6-10H2,1H3. The Morgan fingerprint density at radius 2 is 1.89 bits per heavy atom. The number of benzene rings is 1. The van der Waals surface area contributed by atoms with Gasteiger partial charge in [0.25, 0.3) is 0 Å². The van der Waals surface area contributed by atoms with Crippen LogP contribution in [0.5, 0.6) is 0 Å². The van der Waals surface area contributed by atoms with E-state index >= 15 is 0 Å². The zero-order chi connectivity index (χ0) is 13.2. The van der Waals surface area contributed by atoms with Crippen molar-refractivity contribution in [3.8, 4) is 0 Å². The maximum atomic E-state index is 12.1. The van der Waals surface area contributed by atoms with Crippen molar-refractivity contribution in [1.82, 2.24) is 4.90 Å². The highest BCUT2D eigenvalue weighted by molar-refractivity contribution is 9.10. The lowest BCUT2D eigenvalue weighted by atomic mass is 9.93. The fourth-order valence-electron chi connectivity index (χ4n) is 2.13. The number of rotatable bonds is 2. The van der Waals surface area contributed by atoms with Crippen LogP contribution in [-0.2, 0) is 11.2 Å². The average molecular weight is 312 g/mol. The highest BCUT2D eigenvalue weighted by Gasteiger charge is 2.29. The van der Waals surface area contributed by atoms with Crippen LogP contribution >= 0.6 is 15.9 Å². The number of halogens is 1. The minimum absolute atomic E-state index is 0.146. The predicted octanol–water partition coefficient (Wildman–Crippen LogP) is 2.37. The number of carbonyl (C=O) groups excluding carboxylic acids is 1. The first-order valence-corrected chi connectivity index (χ1v) is 7.00. The van der Waals surface area contributed by atoms with Crippen molar-refractivity contribution in [3.63, 3.8) is 0 Å². The lowest BCUT2D eigenvalue weighted by Gasteiger charge is -2.35. The van der Waals surface area contributed by atoms with E-state index in [2.05, 4.69) is 15.9 Å². The fourth-order valence-corrected chi connectivity index (χ4v) is 2.39. The number of carbonyl (C=O) groups is 1. The van der Waals surface area contributed by atoms with Gasteiger partial charge in [0.1, 0.15) is 0 Å². The van der Waals surface area contributed by atoms with Crippen LogP contribution in [0.3, 0.4) is 0 Å². The van der Waals surface area contributed by atoms with E-state index in [9.17, 15) is 9.90 Å². The summed E-state index contributed by atoms with van der Waals surface area (Å²) in [5.74, 6) is 0.146. The van der Waals surface area contributed by atoms with Gasteiger partial charge in [-0.05, 0) is 37.5 Å². The highest BCUT2D eigenvalue weighted by atomic mass is 79.9. The van der Waals surface area contributed by atoms with Crippen LogP contribution in [0, 0.1) is 0 Å². The van der Waals surface area contributed by atoms with E-state index in [0.717, 1.165) is 10.0 Å². The number of amides is 1. The summed E-state index contributed by atoms with van der Waals surface area (Å²) in [6.07, 6.45) is 1.77. The average Bonchev–Trinajstić information content (AvgIpc) is 2.32. The predicted molar refractivity (Wildman–Crippen MR) is 74.3 cm³/mol.